The monoisotopic (exact) mass is 312 g/mol. The van der Waals surface area contributed by atoms with Gasteiger partial charge in [-0.15, -0.1) is 0 Å². The highest BCUT2D eigenvalue weighted by molar-refractivity contribution is 7.99. The molecule has 0 spiro atoms. The van der Waals surface area contributed by atoms with Gasteiger partial charge >= 0.3 is 5.69 Å². The molecule has 0 heterocycles. The molecule has 5 nitrogen and oxygen atoms in total. The Bertz CT molecular complexity index is 553. The number of hydrogen-bond donors (Lipinski definition) is 1. The molecule has 7 heteroatoms. The largest absolute Gasteiger partial charge is 0.348 e. The molecule has 1 aliphatic rings. The molecule has 2 rings (SSSR count). The van der Waals surface area contributed by atoms with E-state index in [0.717, 1.165) is 37.1 Å². The highest BCUT2D eigenvalue weighted by Crippen LogP contribution is 2.30. The first-order valence-electron chi connectivity index (χ1n) is 6.89. The zero-order valence-electron chi connectivity index (χ0n) is 11.7. The Morgan fingerprint density at radius 1 is 1.52 bits per heavy atom. The normalized spacial score (nSPS) is 21.2. The van der Waals surface area contributed by atoms with E-state index >= 15 is 0 Å². The molecule has 1 aromatic rings. The van der Waals surface area contributed by atoms with Crippen LogP contribution in [-0.2, 0) is 0 Å². The number of nitrogens with one attached hydrogen (secondary N) is 1. The van der Waals surface area contributed by atoms with Crippen LogP contribution in [0, 0.1) is 15.9 Å². The van der Waals surface area contributed by atoms with E-state index in [4.69, 9.17) is 0 Å². The molecule has 114 valence electrons. The molecule has 1 N–H and O–H groups in total. The number of rotatable bonds is 5. The van der Waals surface area contributed by atoms with Crippen LogP contribution in [0.3, 0.4) is 0 Å². The van der Waals surface area contributed by atoms with E-state index < -0.39 is 16.4 Å². The third kappa shape index (κ3) is 3.72. The predicted molar refractivity (Wildman–Crippen MR) is 80.1 cm³/mol. The lowest BCUT2D eigenvalue weighted by Crippen LogP contribution is -2.38. The summed E-state index contributed by atoms with van der Waals surface area (Å²) in [6, 6.07) is 3.32. The second-order valence-corrected chi connectivity index (χ2v) is 6.44. The Labute approximate surface area is 126 Å². The van der Waals surface area contributed by atoms with Crippen molar-refractivity contribution in [1.82, 2.24) is 5.32 Å². The number of nitro groups is 1. The van der Waals surface area contributed by atoms with Gasteiger partial charge in [-0.1, -0.05) is 13.3 Å². The summed E-state index contributed by atoms with van der Waals surface area (Å²) in [5.41, 5.74) is -0.503. The smallest absolute Gasteiger partial charge is 0.304 e. The van der Waals surface area contributed by atoms with Gasteiger partial charge in [-0.2, -0.15) is 16.2 Å². The van der Waals surface area contributed by atoms with Crippen LogP contribution in [0.5, 0.6) is 0 Å². The van der Waals surface area contributed by atoms with Crippen molar-refractivity contribution >= 4 is 23.4 Å². The minimum atomic E-state index is -0.987. The molecular formula is C14H17FN2O3S. The second-order valence-electron chi connectivity index (χ2n) is 4.93. The molecule has 1 aliphatic carbocycles. The molecule has 0 aromatic heterocycles. The molecule has 2 unspecified atom stereocenters. The quantitative estimate of drug-likeness (QED) is 0.669. The number of hydrogen-bond acceptors (Lipinski definition) is 4. The van der Waals surface area contributed by atoms with E-state index in [1.807, 2.05) is 11.8 Å². The Kier molecular flexibility index (Phi) is 5.17. The van der Waals surface area contributed by atoms with E-state index in [-0.39, 0.29) is 17.5 Å². The van der Waals surface area contributed by atoms with Crippen LogP contribution in [0.25, 0.3) is 0 Å². The third-order valence-corrected chi connectivity index (χ3v) is 4.88. The molecule has 0 aliphatic heterocycles. The summed E-state index contributed by atoms with van der Waals surface area (Å²) in [6.07, 6.45) is 3.05. The molecule has 1 amide bonds. The van der Waals surface area contributed by atoms with Gasteiger partial charge < -0.3 is 5.32 Å². The molecule has 21 heavy (non-hydrogen) atoms. The minimum absolute atomic E-state index is 0.0840. The molecule has 1 fully saturated rings. The number of nitro benzene ring substituents is 1. The Hall–Kier alpha value is -1.63. The fourth-order valence-electron chi connectivity index (χ4n) is 2.55. The van der Waals surface area contributed by atoms with E-state index in [1.165, 1.54) is 6.07 Å². The van der Waals surface area contributed by atoms with Gasteiger partial charge in [0.25, 0.3) is 5.91 Å². The zero-order chi connectivity index (χ0) is 15.4. The van der Waals surface area contributed by atoms with Crippen LogP contribution >= 0.6 is 11.8 Å². The number of nitrogens with zero attached hydrogens (tertiary/aromatic N) is 1. The fraction of sp³-hybridized carbons (Fsp3) is 0.500. The van der Waals surface area contributed by atoms with Crippen molar-refractivity contribution in [3.05, 3.63) is 39.7 Å². The van der Waals surface area contributed by atoms with Crippen molar-refractivity contribution in [2.75, 3.05) is 5.75 Å². The van der Waals surface area contributed by atoms with Crippen LogP contribution in [0.4, 0.5) is 10.1 Å². The summed E-state index contributed by atoms with van der Waals surface area (Å²) in [5.74, 6) is -0.376. The average Bonchev–Trinajstić information content (AvgIpc) is 2.86. The first-order chi connectivity index (χ1) is 10.0. The second kappa shape index (κ2) is 6.89. The van der Waals surface area contributed by atoms with E-state index in [0.29, 0.717) is 5.25 Å². The van der Waals surface area contributed by atoms with Crippen LogP contribution in [0.1, 0.15) is 36.5 Å². The number of carbonyl (C=O) groups excluding carboxylic acids is 1. The lowest BCUT2D eigenvalue weighted by Gasteiger charge is -2.20. The summed E-state index contributed by atoms with van der Waals surface area (Å²) in [4.78, 5) is 21.9. The third-order valence-electron chi connectivity index (χ3n) is 3.56. The number of thioether (sulfide) groups is 1. The highest BCUT2D eigenvalue weighted by atomic mass is 32.2. The van der Waals surface area contributed by atoms with Gasteiger partial charge in [-0.25, -0.2) is 0 Å². The van der Waals surface area contributed by atoms with Gasteiger partial charge in [-0.05, 0) is 30.7 Å². The minimum Gasteiger partial charge on any atom is -0.348 e. The maximum Gasteiger partial charge on any atom is 0.304 e. The molecule has 1 aromatic carbocycles. The fourth-order valence-corrected chi connectivity index (χ4v) is 3.75. The number of carbonyl (C=O) groups is 1. The SMILES string of the molecule is CCSC1CCCC1NC(=O)c1ccc([N+](=O)[O-])c(F)c1. The highest BCUT2D eigenvalue weighted by Gasteiger charge is 2.29. The summed E-state index contributed by atoms with van der Waals surface area (Å²) in [5, 5.41) is 13.9. The summed E-state index contributed by atoms with van der Waals surface area (Å²) < 4.78 is 13.5. The first kappa shape index (κ1) is 15.8. The van der Waals surface area contributed by atoms with Crippen LogP contribution in [0.2, 0.25) is 0 Å². The summed E-state index contributed by atoms with van der Waals surface area (Å²) in [6.45, 7) is 2.08. The van der Waals surface area contributed by atoms with Gasteiger partial charge in [0.05, 0.1) is 4.92 Å². The van der Waals surface area contributed by atoms with Gasteiger partial charge in [0.15, 0.2) is 0 Å². The molecular weight excluding hydrogens is 295 g/mol. The molecule has 0 radical (unpaired) electrons. The predicted octanol–water partition coefficient (Wildman–Crippen LogP) is 3.14. The topological polar surface area (TPSA) is 72.2 Å². The van der Waals surface area contributed by atoms with E-state index in [9.17, 15) is 19.3 Å². The number of halogens is 1. The van der Waals surface area contributed by atoms with Crippen molar-refractivity contribution in [2.45, 2.75) is 37.5 Å². The Morgan fingerprint density at radius 3 is 2.90 bits per heavy atom. The van der Waals surface area contributed by atoms with Crippen LogP contribution in [-0.4, -0.2) is 27.9 Å². The standard InChI is InChI=1S/C14H17FN2O3S/c1-2-21-13-5-3-4-11(13)16-14(18)9-6-7-12(17(19)20)10(15)8-9/h6-8,11,13H,2-5H2,1H3,(H,16,18). The summed E-state index contributed by atoms with van der Waals surface area (Å²) >= 11 is 1.82. The maximum absolute atomic E-state index is 13.5. The van der Waals surface area contributed by atoms with Crippen molar-refractivity contribution < 1.29 is 14.1 Å². The van der Waals surface area contributed by atoms with Gasteiger partial charge in [-0.3, -0.25) is 14.9 Å². The Morgan fingerprint density at radius 2 is 2.29 bits per heavy atom. The molecule has 0 bridgehead atoms. The van der Waals surface area contributed by atoms with E-state index in [2.05, 4.69) is 12.2 Å². The zero-order valence-corrected chi connectivity index (χ0v) is 12.5. The molecule has 2 atom stereocenters. The van der Waals surface area contributed by atoms with Gasteiger partial charge in [0, 0.05) is 22.9 Å². The van der Waals surface area contributed by atoms with Crippen LogP contribution < -0.4 is 5.32 Å². The van der Waals surface area contributed by atoms with Crippen LogP contribution in [0.15, 0.2) is 18.2 Å². The van der Waals surface area contributed by atoms with Gasteiger partial charge in [0.1, 0.15) is 0 Å². The number of amides is 1. The van der Waals surface area contributed by atoms with Crippen molar-refractivity contribution in [3.63, 3.8) is 0 Å². The molecule has 0 saturated heterocycles. The number of benzene rings is 1. The van der Waals surface area contributed by atoms with Crippen molar-refractivity contribution in [1.29, 1.82) is 0 Å². The molecule has 1 saturated carbocycles. The lowest BCUT2D eigenvalue weighted by atomic mass is 10.1. The maximum atomic E-state index is 13.5. The van der Waals surface area contributed by atoms with Crippen molar-refractivity contribution in [3.8, 4) is 0 Å². The summed E-state index contributed by atoms with van der Waals surface area (Å²) in [7, 11) is 0. The van der Waals surface area contributed by atoms with Crippen molar-refractivity contribution in [2.24, 2.45) is 0 Å². The lowest BCUT2D eigenvalue weighted by molar-refractivity contribution is -0.387. The Balaban J connectivity index is 2.06. The first-order valence-corrected chi connectivity index (χ1v) is 7.94. The van der Waals surface area contributed by atoms with E-state index in [1.54, 1.807) is 0 Å². The van der Waals surface area contributed by atoms with Gasteiger partial charge in [0.2, 0.25) is 5.82 Å². The average molecular weight is 312 g/mol.